The Morgan fingerprint density at radius 2 is 2.05 bits per heavy atom. The quantitative estimate of drug-likeness (QED) is 0.903. The minimum Gasteiger partial charge on any atom is -0.387 e. The Kier molecular flexibility index (Phi) is 5.34. The Labute approximate surface area is 133 Å². The third-order valence-corrected chi connectivity index (χ3v) is 5.30. The summed E-state index contributed by atoms with van der Waals surface area (Å²) in [4.78, 5) is 17.4. The molecule has 1 aliphatic rings. The first-order valence-electron chi connectivity index (χ1n) is 7.32. The van der Waals surface area contributed by atoms with Gasteiger partial charge >= 0.3 is 0 Å². The van der Waals surface area contributed by atoms with Gasteiger partial charge in [-0.2, -0.15) is 0 Å². The Morgan fingerprint density at radius 1 is 1.36 bits per heavy atom. The van der Waals surface area contributed by atoms with E-state index in [0.717, 1.165) is 5.56 Å². The molecule has 120 valence electrons. The predicted octanol–water partition coefficient (Wildman–Crippen LogP) is 2.17. The molecule has 6 heteroatoms. The van der Waals surface area contributed by atoms with E-state index in [1.807, 2.05) is 51.1 Å². The van der Waals surface area contributed by atoms with Gasteiger partial charge in [-0.25, -0.2) is 0 Å². The Hall–Kier alpha value is -1.69. The molecule has 1 heterocycles. The van der Waals surface area contributed by atoms with Crippen molar-refractivity contribution < 1.29 is 13.8 Å². The maximum Gasteiger partial charge on any atom is 0.269 e. The van der Waals surface area contributed by atoms with E-state index in [1.165, 1.54) is 0 Å². The number of oxime groups is 1. The Bertz CT molecular complexity index is 579. The standard InChI is InChI=1S/C16H22N2O3S/c1-16(2,3)22(20)10-9-17-15(19)13-11-14(21-18-13)12-7-5-4-6-8-12/h4-8,14H,9-11H2,1-3H3,(H,17,19)/t14-,22+/m0/s1. The van der Waals surface area contributed by atoms with Gasteiger partial charge in [0.1, 0.15) is 5.71 Å². The highest BCUT2D eigenvalue weighted by atomic mass is 32.2. The minimum absolute atomic E-state index is 0.203. The van der Waals surface area contributed by atoms with Crippen molar-refractivity contribution in [3.8, 4) is 0 Å². The lowest BCUT2D eigenvalue weighted by molar-refractivity contribution is -0.114. The normalized spacial score (nSPS) is 19.2. The first kappa shape index (κ1) is 16.7. The van der Waals surface area contributed by atoms with Crippen LogP contribution in [0.3, 0.4) is 0 Å². The fourth-order valence-corrected chi connectivity index (χ4v) is 2.92. The van der Waals surface area contributed by atoms with Crippen molar-refractivity contribution in [3.05, 3.63) is 35.9 Å². The van der Waals surface area contributed by atoms with Crippen molar-refractivity contribution in [1.82, 2.24) is 5.32 Å². The number of nitrogens with one attached hydrogen (secondary N) is 1. The summed E-state index contributed by atoms with van der Waals surface area (Å²) >= 11 is 0. The average Bonchev–Trinajstić information content (AvgIpc) is 2.97. The second-order valence-electron chi connectivity index (χ2n) is 6.16. The van der Waals surface area contributed by atoms with Gasteiger partial charge in [0.15, 0.2) is 6.10 Å². The van der Waals surface area contributed by atoms with Gasteiger partial charge < -0.3 is 10.2 Å². The highest BCUT2D eigenvalue weighted by Crippen LogP contribution is 2.26. The summed E-state index contributed by atoms with van der Waals surface area (Å²) in [5.74, 6) is 0.190. The SMILES string of the molecule is CC(C)(C)[S@](=O)CCNC(=O)C1=NO[C@H](c2ccccc2)C1. The molecule has 0 spiro atoms. The maximum atomic E-state index is 12.0. The first-order valence-corrected chi connectivity index (χ1v) is 8.64. The van der Waals surface area contributed by atoms with E-state index >= 15 is 0 Å². The molecule has 0 bridgehead atoms. The topological polar surface area (TPSA) is 67.8 Å². The molecule has 1 amide bonds. The van der Waals surface area contributed by atoms with Gasteiger partial charge in [0.2, 0.25) is 0 Å². The molecule has 1 N–H and O–H groups in total. The third-order valence-electron chi connectivity index (χ3n) is 3.36. The molecule has 2 atom stereocenters. The molecule has 1 aromatic rings. The molecule has 5 nitrogen and oxygen atoms in total. The molecule has 1 aliphatic heterocycles. The lowest BCUT2D eigenvalue weighted by Crippen LogP contribution is -2.35. The fraction of sp³-hybridized carbons (Fsp3) is 0.500. The number of carbonyl (C=O) groups is 1. The average molecular weight is 322 g/mol. The van der Waals surface area contributed by atoms with Gasteiger partial charge in [0, 0.05) is 34.3 Å². The molecule has 1 aromatic carbocycles. The molecule has 0 aromatic heterocycles. The number of benzene rings is 1. The van der Waals surface area contributed by atoms with Crippen molar-refractivity contribution in [3.63, 3.8) is 0 Å². The van der Waals surface area contributed by atoms with Crippen LogP contribution in [0, 0.1) is 0 Å². The van der Waals surface area contributed by atoms with Crippen LogP contribution in [0.25, 0.3) is 0 Å². The van der Waals surface area contributed by atoms with E-state index < -0.39 is 10.8 Å². The van der Waals surface area contributed by atoms with Gasteiger partial charge in [-0.15, -0.1) is 0 Å². The van der Waals surface area contributed by atoms with E-state index in [1.54, 1.807) is 0 Å². The molecule has 0 unspecified atom stereocenters. The van der Waals surface area contributed by atoms with E-state index in [0.29, 0.717) is 24.4 Å². The summed E-state index contributed by atoms with van der Waals surface area (Å²) in [6.45, 7) is 6.14. The Morgan fingerprint density at radius 3 is 2.68 bits per heavy atom. The van der Waals surface area contributed by atoms with E-state index in [9.17, 15) is 9.00 Å². The number of rotatable bonds is 5. The summed E-state index contributed by atoms with van der Waals surface area (Å²) in [6.07, 6.45) is 0.253. The van der Waals surface area contributed by atoms with Crippen molar-refractivity contribution in [2.24, 2.45) is 5.16 Å². The van der Waals surface area contributed by atoms with E-state index in [4.69, 9.17) is 4.84 Å². The van der Waals surface area contributed by atoms with Crippen LogP contribution in [-0.4, -0.2) is 32.9 Å². The van der Waals surface area contributed by atoms with Crippen LogP contribution in [-0.2, 0) is 20.4 Å². The van der Waals surface area contributed by atoms with Crippen molar-refractivity contribution >= 4 is 22.4 Å². The molecule has 0 radical (unpaired) electrons. The van der Waals surface area contributed by atoms with Crippen LogP contribution in [0.15, 0.2) is 35.5 Å². The summed E-state index contributed by atoms with van der Waals surface area (Å²) < 4.78 is 11.6. The summed E-state index contributed by atoms with van der Waals surface area (Å²) in [5.41, 5.74) is 1.39. The predicted molar refractivity (Wildman–Crippen MR) is 88.1 cm³/mol. The zero-order chi connectivity index (χ0) is 16.2. The number of hydrogen-bond acceptors (Lipinski definition) is 4. The molecule has 0 aliphatic carbocycles. The van der Waals surface area contributed by atoms with Crippen LogP contribution in [0.5, 0.6) is 0 Å². The largest absolute Gasteiger partial charge is 0.387 e. The van der Waals surface area contributed by atoms with Gasteiger partial charge in [0.05, 0.1) is 0 Å². The highest BCUT2D eigenvalue weighted by Gasteiger charge is 2.27. The molecule has 0 saturated heterocycles. The molecule has 0 fully saturated rings. The summed E-state index contributed by atoms with van der Waals surface area (Å²) in [7, 11) is -0.978. The Balaban J connectivity index is 1.79. The van der Waals surface area contributed by atoms with Gasteiger partial charge in [0.25, 0.3) is 5.91 Å². The molecule has 0 saturated carbocycles. The zero-order valence-corrected chi connectivity index (χ0v) is 14.0. The third kappa shape index (κ3) is 4.40. The second kappa shape index (κ2) is 7.05. The van der Waals surface area contributed by atoms with E-state index in [2.05, 4.69) is 10.5 Å². The van der Waals surface area contributed by atoms with Gasteiger partial charge in [-0.05, 0) is 26.3 Å². The molecule has 22 heavy (non-hydrogen) atoms. The van der Waals surface area contributed by atoms with Crippen LogP contribution >= 0.6 is 0 Å². The van der Waals surface area contributed by atoms with Crippen molar-refractivity contribution in [2.45, 2.75) is 38.0 Å². The van der Waals surface area contributed by atoms with Crippen LogP contribution in [0.2, 0.25) is 0 Å². The minimum atomic E-state index is -0.978. The summed E-state index contributed by atoms with van der Waals surface area (Å²) in [5, 5.41) is 6.63. The monoisotopic (exact) mass is 322 g/mol. The zero-order valence-electron chi connectivity index (χ0n) is 13.2. The van der Waals surface area contributed by atoms with Crippen molar-refractivity contribution in [1.29, 1.82) is 0 Å². The second-order valence-corrected chi connectivity index (χ2v) is 8.49. The fourth-order valence-electron chi connectivity index (χ4n) is 2.02. The van der Waals surface area contributed by atoms with Gasteiger partial charge in [-0.3, -0.25) is 9.00 Å². The van der Waals surface area contributed by atoms with Crippen LogP contribution < -0.4 is 5.32 Å². The lowest BCUT2D eigenvalue weighted by Gasteiger charge is -2.17. The molecular weight excluding hydrogens is 300 g/mol. The van der Waals surface area contributed by atoms with Crippen LogP contribution in [0.4, 0.5) is 0 Å². The molecule has 2 rings (SSSR count). The number of nitrogens with zero attached hydrogens (tertiary/aromatic N) is 1. The highest BCUT2D eigenvalue weighted by molar-refractivity contribution is 7.86. The number of carbonyl (C=O) groups excluding carboxylic acids is 1. The van der Waals surface area contributed by atoms with Crippen LogP contribution in [0.1, 0.15) is 38.9 Å². The summed E-state index contributed by atoms with van der Waals surface area (Å²) in [6, 6.07) is 9.69. The van der Waals surface area contributed by atoms with E-state index in [-0.39, 0.29) is 16.8 Å². The maximum absolute atomic E-state index is 12.0. The first-order chi connectivity index (χ1) is 10.4. The lowest BCUT2D eigenvalue weighted by atomic mass is 10.0. The molecular formula is C16H22N2O3S. The van der Waals surface area contributed by atoms with Gasteiger partial charge in [-0.1, -0.05) is 35.5 Å². The van der Waals surface area contributed by atoms with Crippen molar-refractivity contribution in [2.75, 3.05) is 12.3 Å². The number of hydrogen-bond donors (Lipinski definition) is 1. The number of amides is 1. The smallest absolute Gasteiger partial charge is 0.269 e.